The Morgan fingerprint density at radius 2 is 2.07 bits per heavy atom. The fourth-order valence-corrected chi connectivity index (χ4v) is 6.54. The van der Waals surface area contributed by atoms with Crippen LogP contribution in [0.2, 0.25) is 0 Å². The standard InChI is InChI=1S/C19H25N3O4S.CH4/c1-19-7-6-15-14-5-3-13(22-24)8-11(14)2-4-16(15)18(19)12(9-17(19)23)10-21-27(20,25)26;/h3,5,8,12,15-16,18,21H,2,4,6-7,9-10H2,1H3,(H2,20,25,26);1H4/t12-,15?,16?,18?,19?;/m1./s1. The van der Waals surface area contributed by atoms with Gasteiger partial charge >= 0.3 is 0 Å². The van der Waals surface area contributed by atoms with Crippen LogP contribution in [0.5, 0.6) is 0 Å². The lowest BCUT2D eigenvalue weighted by Gasteiger charge is -2.49. The average molecular weight is 408 g/mol. The second kappa shape index (κ2) is 7.31. The minimum atomic E-state index is -3.77. The second-order valence-electron chi connectivity index (χ2n) is 8.55. The van der Waals surface area contributed by atoms with Crippen molar-refractivity contribution in [3.05, 3.63) is 34.2 Å². The van der Waals surface area contributed by atoms with Crippen molar-refractivity contribution in [1.82, 2.24) is 4.72 Å². The third kappa shape index (κ3) is 3.42. The predicted octanol–water partition coefficient (Wildman–Crippen LogP) is 3.17. The highest BCUT2D eigenvalue weighted by molar-refractivity contribution is 7.87. The highest BCUT2D eigenvalue weighted by atomic mass is 32.2. The Kier molecular flexibility index (Phi) is 5.51. The molecule has 7 nitrogen and oxygen atoms in total. The second-order valence-corrected chi connectivity index (χ2v) is 9.92. The van der Waals surface area contributed by atoms with E-state index >= 15 is 0 Å². The molecule has 5 atom stereocenters. The molecule has 3 aliphatic rings. The number of nitroso groups, excluding NO2 is 1. The Bertz CT molecular complexity index is 901. The highest BCUT2D eigenvalue weighted by Gasteiger charge is 2.58. The van der Waals surface area contributed by atoms with Crippen molar-refractivity contribution >= 4 is 21.7 Å². The first kappa shape index (κ1) is 21.1. The molecule has 0 saturated heterocycles. The first-order valence-corrected chi connectivity index (χ1v) is 11.0. The van der Waals surface area contributed by atoms with Crippen molar-refractivity contribution in [1.29, 1.82) is 0 Å². The molecule has 3 N–H and O–H groups in total. The van der Waals surface area contributed by atoms with E-state index in [9.17, 15) is 18.1 Å². The van der Waals surface area contributed by atoms with Crippen LogP contribution in [0.1, 0.15) is 57.1 Å². The molecule has 154 valence electrons. The van der Waals surface area contributed by atoms with E-state index in [4.69, 9.17) is 5.14 Å². The van der Waals surface area contributed by atoms with Crippen LogP contribution in [0.3, 0.4) is 0 Å². The average Bonchev–Trinajstić information content (AvgIpc) is 2.89. The van der Waals surface area contributed by atoms with Gasteiger partial charge in [0.25, 0.3) is 10.2 Å². The molecule has 0 aliphatic heterocycles. The number of Topliss-reactive ketones (excluding diaryl/α,β-unsaturated/α-hetero) is 1. The fraction of sp³-hybridized carbons (Fsp3) is 0.650. The van der Waals surface area contributed by atoms with Crippen LogP contribution in [0.15, 0.2) is 23.4 Å². The number of nitrogens with two attached hydrogens (primary N) is 1. The van der Waals surface area contributed by atoms with Crippen LogP contribution in [-0.4, -0.2) is 20.7 Å². The predicted molar refractivity (Wildman–Crippen MR) is 108 cm³/mol. The number of aryl methyl sites for hydroxylation is 1. The van der Waals surface area contributed by atoms with E-state index in [1.807, 2.05) is 12.1 Å². The summed E-state index contributed by atoms with van der Waals surface area (Å²) in [5.74, 6) is 1.06. The van der Waals surface area contributed by atoms with E-state index in [2.05, 4.69) is 16.8 Å². The Hall–Kier alpha value is -1.64. The van der Waals surface area contributed by atoms with Gasteiger partial charge in [-0.1, -0.05) is 20.4 Å². The third-order valence-corrected chi connectivity index (χ3v) is 7.78. The molecule has 1 aromatic carbocycles. The first-order valence-electron chi connectivity index (χ1n) is 9.50. The third-order valence-electron chi connectivity index (χ3n) is 7.21. The maximum absolute atomic E-state index is 12.8. The van der Waals surface area contributed by atoms with E-state index in [1.54, 1.807) is 6.07 Å². The fourth-order valence-electron chi connectivity index (χ4n) is 6.09. The van der Waals surface area contributed by atoms with Gasteiger partial charge in [-0.15, -0.1) is 4.91 Å². The van der Waals surface area contributed by atoms with Gasteiger partial charge in [-0.05, 0) is 77.8 Å². The Balaban J connectivity index is 0.00000225. The number of carbonyl (C=O) groups excluding carboxylic acids is 1. The van der Waals surface area contributed by atoms with Crippen LogP contribution in [0, 0.1) is 28.1 Å². The molecule has 2 fully saturated rings. The number of hydrogen-bond acceptors (Lipinski definition) is 5. The number of fused-ring (bicyclic) bond motifs is 5. The van der Waals surface area contributed by atoms with E-state index in [0.717, 1.165) is 25.7 Å². The molecular weight excluding hydrogens is 378 g/mol. The quantitative estimate of drug-likeness (QED) is 0.745. The maximum Gasteiger partial charge on any atom is 0.274 e. The van der Waals surface area contributed by atoms with Crippen molar-refractivity contribution in [2.45, 2.75) is 52.4 Å². The van der Waals surface area contributed by atoms with E-state index in [1.165, 1.54) is 11.1 Å². The zero-order chi connectivity index (χ0) is 19.4. The van der Waals surface area contributed by atoms with Gasteiger partial charge in [-0.25, -0.2) is 9.86 Å². The molecule has 4 rings (SSSR count). The summed E-state index contributed by atoms with van der Waals surface area (Å²) in [7, 11) is -3.77. The van der Waals surface area contributed by atoms with Crippen molar-refractivity contribution in [2.75, 3.05) is 6.54 Å². The van der Waals surface area contributed by atoms with E-state index in [-0.39, 0.29) is 37.0 Å². The van der Waals surface area contributed by atoms with Gasteiger partial charge in [0.15, 0.2) is 0 Å². The lowest BCUT2D eigenvalue weighted by Crippen LogP contribution is -2.46. The molecule has 0 radical (unpaired) electrons. The molecule has 3 aliphatic carbocycles. The minimum Gasteiger partial charge on any atom is -0.299 e. The summed E-state index contributed by atoms with van der Waals surface area (Å²) in [4.78, 5) is 23.7. The van der Waals surface area contributed by atoms with Gasteiger partial charge in [0.2, 0.25) is 0 Å². The lowest BCUT2D eigenvalue weighted by molar-refractivity contribution is -0.129. The molecule has 0 heterocycles. The zero-order valence-corrected chi connectivity index (χ0v) is 16.2. The van der Waals surface area contributed by atoms with Gasteiger partial charge in [-0.2, -0.15) is 8.42 Å². The molecule has 2 saturated carbocycles. The molecule has 8 heteroatoms. The maximum atomic E-state index is 12.8. The Morgan fingerprint density at radius 3 is 2.75 bits per heavy atom. The number of hydrogen-bond donors (Lipinski definition) is 2. The summed E-state index contributed by atoms with van der Waals surface area (Å²) < 4.78 is 25.1. The van der Waals surface area contributed by atoms with Crippen LogP contribution in [-0.2, 0) is 21.4 Å². The highest BCUT2D eigenvalue weighted by Crippen LogP contribution is 2.61. The van der Waals surface area contributed by atoms with Crippen LogP contribution < -0.4 is 9.86 Å². The van der Waals surface area contributed by atoms with E-state index < -0.39 is 10.2 Å². The number of benzene rings is 1. The molecule has 0 bridgehead atoms. The summed E-state index contributed by atoms with van der Waals surface area (Å²) in [6.45, 7) is 2.27. The van der Waals surface area contributed by atoms with Gasteiger partial charge in [0.1, 0.15) is 11.5 Å². The molecular formula is C20H29N3O4S. The summed E-state index contributed by atoms with van der Waals surface area (Å²) in [5, 5.41) is 8.16. The van der Waals surface area contributed by atoms with Crippen molar-refractivity contribution in [3.63, 3.8) is 0 Å². The van der Waals surface area contributed by atoms with Gasteiger partial charge in [-0.3, -0.25) is 4.79 Å². The molecule has 0 spiro atoms. The molecule has 0 aromatic heterocycles. The number of carbonyl (C=O) groups is 1. The topological polar surface area (TPSA) is 119 Å². The Labute approximate surface area is 166 Å². The van der Waals surface area contributed by atoms with Crippen molar-refractivity contribution < 1.29 is 13.2 Å². The van der Waals surface area contributed by atoms with Gasteiger partial charge < -0.3 is 0 Å². The number of ketones is 1. The van der Waals surface area contributed by atoms with Crippen LogP contribution >= 0.6 is 0 Å². The molecule has 0 amide bonds. The lowest BCUT2D eigenvalue weighted by atomic mass is 9.54. The monoisotopic (exact) mass is 407 g/mol. The number of nitrogens with one attached hydrogen (secondary N) is 1. The Morgan fingerprint density at radius 1 is 1.32 bits per heavy atom. The van der Waals surface area contributed by atoms with E-state index in [0.29, 0.717) is 23.9 Å². The van der Waals surface area contributed by atoms with Gasteiger partial charge in [0.05, 0.1) is 0 Å². The largest absolute Gasteiger partial charge is 0.299 e. The van der Waals surface area contributed by atoms with Crippen molar-refractivity contribution in [2.24, 2.45) is 33.5 Å². The van der Waals surface area contributed by atoms with Crippen molar-refractivity contribution in [3.8, 4) is 0 Å². The molecule has 4 unspecified atom stereocenters. The van der Waals surface area contributed by atoms with Gasteiger partial charge in [0, 0.05) is 18.4 Å². The summed E-state index contributed by atoms with van der Waals surface area (Å²) in [5.41, 5.74) is 2.52. The first-order chi connectivity index (χ1) is 12.7. The number of nitrogens with zero attached hydrogens (tertiary/aromatic N) is 1. The zero-order valence-electron chi connectivity index (χ0n) is 15.3. The van der Waals surface area contributed by atoms with Crippen LogP contribution in [0.25, 0.3) is 0 Å². The smallest absolute Gasteiger partial charge is 0.274 e. The SMILES string of the molecule is C.CC12CCC3c4ccc(N=O)cc4CCC3C1[C@@H](CNS(N)(=O)=O)CC2=O. The minimum absolute atomic E-state index is 0. The summed E-state index contributed by atoms with van der Waals surface area (Å²) >= 11 is 0. The normalized spacial score (nSPS) is 34.0. The van der Waals surface area contributed by atoms with Crippen LogP contribution in [0.4, 0.5) is 5.69 Å². The molecule has 1 aromatic rings. The summed E-state index contributed by atoms with van der Waals surface area (Å²) in [6, 6.07) is 5.66. The molecule has 28 heavy (non-hydrogen) atoms. The summed E-state index contributed by atoms with van der Waals surface area (Å²) in [6.07, 6.45) is 3.97. The number of rotatable bonds is 4.